The summed E-state index contributed by atoms with van der Waals surface area (Å²) >= 11 is 0. The largest absolute Gasteiger partial charge is 0.417 e. The van der Waals surface area contributed by atoms with Crippen LogP contribution in [-0.2, 0) is 6.42 Å². The lowest BCUT2D eigenvalue weighted by atomic mass is 10.1. The van der Waals surface area contributed by atoms with Gasteiger partial charge in [0.05, 0.1) is 12.1 Å². The first kappa shape index (κ1) is 11.7. The molecule has 0 amide bonds. The van der Waals surface area contributed by atoms with Gasteiger partial charge in [0.2, 0.25) is 0 Å². The first-order valence-corrected chi connectivity index (χ1v) is 5.66. The van der Waals surface area contributed by atoms with Crippen molar-refractivity contribution in [1.29, 1.82) is 0 Å². The number of aliphatic hydroxyl groups excluding tert-OH is 1. The fraction of sp³-hybridized carbons (Fsp3) is 0.286. The Labute approximate surface area is 101 Å². The van der Waals surface area contributed by atoms with E-state index in [4.69, 9.17) is 9.94 Å². The number of aliphatic hydroxyl groups is 1. The maximum atomic E-state index is 8.98. The molecule has 1 aromatic carbocycles. The molecule has 0 saturated carbocycles. The summed E-state index contributed by atoms with van der Waals surface area (Å²) in [5.74, 6) is 0. The molecule has 0 radical (unpaired) electrons. The fourth-order valence-electron chi connectivity index (χ4n) is 1.88. The lowest BCUT2D eigenvalue weighted by Gasteiger charge is -2.00. The summed E-state index contributed by atoms with van der Waals surface area (Å²) in [6.07, 6.45) is 4.84. The summed E-state index contributed by atoms with van der Waals surface area (Å²) in [5, 5.41) is 10.2. The van der Waals surface area contributed by atoms with E-state index in [1.807, 2.05) is 37.4 Å². The molecule has 0 atom stereocenters. The number of allylic oxidation sites excluding steroid dienone is 1. The van der Waals surface area contributed by atoms with E-state index >= 15 is 0 Å². The van der Waals surface area contributed by atoms with E-state index in [0.29, 0.717) is 0 Å². The number of hydrogen-bond acceptors (Lipinski definition) is 2. The van der Waals surface area contributed by atoms with Gasteiger partial charge in [0.15, 0.2) is 0 Å². The summed E-state index contributed by atoms with van der Waals surface area (Å²) < 4.78 is 1.77. The highest BCUT2D eigenvalue weighted by molar-refractivity contribution is 5.83. The molecule has 2 aromatic rings. The molecule has 90 valence electrons. The molecule has 0 aliphatic heterocycles. The van der Waals surface area contributed by atoms with E-state index in [2.05, 4.69) is 6.07 Å². The van der Waals surface area contributed by atoms with Crippen molar-refractivity contribution in [2.24, 2.45) is 0 Å². The third-order valence-corrected chi connectivity index (χ3v) is 2.88. The van der Waals surface area contributed by atoms with Crippen molar-refractivity contribution in [3.63, 3.8) is 0 Å². The van der Waals surface area contributed by atoms with Gasteiger partial charge in [-0.1, -0.05) is 29.8 Å². The van der Waals surface area contributed by atoms with E-state index in [1.165, 1.54) is 10.9 Å². The number of para-hydroxylation sites is 1. The first-order valence-electron chi connectivity index (χ1n) is 5.66. The van der Waals surface area contributed by atoms with Crippen LogP contribution in [0.4, 0.5) is 0 Å². The van der Waals surface area contributed by atoms with E-state index in [0.717, 1.165) is 17.5 Å². The third-order valence-electron chi connectivity index (χ3n) is 2.88. The summed E-state index contributed by atoms with van der Waals surface area (Å²) in [6, 6.07) is 8.14. The van der Waals surface area contributed by atoms with Gasteiger partial charge in [-0.05, 0) is 25.0 Å². The molecule has 2 rings (SSSR count). The molecule has 0 spiro atoms. The summed E-state index contributed by atoms with van der Waals surface area (Å²) in [4.78, 5) is 5.29. The van der Waals surface area contributed by atoms with Crippen molar-refractivity contribution in [2.45, 2.75) is 13.3 Å². The predicted molar refractivity (Wildman–Crippen MR) is 69.0 cm³/mol. The summed E-state index contributed by atoms with van der Waals surface area (Å²) in [7, 11) is 1.66. The predicted octanol–water partition coefficient (Wildman–Crippen LogP) is 2.18. The standard InChI is InChI=1S/C14H17NO2/c1-11(10-16)7-8-12-9-15(17-2)14-6-4-3-5-13(12)14/h3-7,9,16H,8,10H2,1-2H3/b11-7+. The SMILES string of the molecule is COn1cc(C/C=C(\C)CO)c2ccccc21. The van der Waals surface area contributed by atoms with Crippen LogP contribution in [0.25, 0.3) is 10.9 Å². The molecule has 0 saturated heterocycles. The van der Waals surface area contributed by atoms with Crippen molar-refractivity contribution in [1.82, 2.24) is 4.73 Å². The molecule has 0 unspecified atom stereocenters. The molecule has 1 aromatic heterocycles. The monoisotopic (exact) mass is 231 g/mol. The van der Waals surface area contributed by atoms with Gasteiger partial charge in [-0.15, -0.1) is 0 Å². The highest BCUT2D eigenvalue weighted by Gasteiger charge is 2.06. The van der Waals surface area contributed by atoms with E-state index in [-0.39, 0.29) is 6.61 Å². The van der Waals surface area contributed by atoms with Crippen LogP contribution in [0.5, 0.6) is 0 Å². The first-order chi connectivity index (χ1) is 8.26. The molecular formula is C14H17NO2. The number of rotatable bonds is 4. The van der Waals surface area contributed by atoms with E-state index in [1.54, 1.807) is 11.8 Å². The second-order valence-corrected chi connectivity index (χ2v) is 4.09. The van der Waals surface area contributed by atoms with Gasteiger partial charge in [0, 0.05) is 11.6 Å². The van der Waals surface area contributed by atoms with Crippen LogP contribution in [0.1, 0.15) is 12.5 Å². The van der Waals surface area contributed by atoms with Crippen molar-refractivity contribution >= 4 is 10.9 Å². The second-order valence-electron chi connectivity index (χ2n) is 4.09. The topological polar surface area (TPSA) is 34.4 Å². The number of aromatic nitrogens is 1. The highest BCUT2D eigenvalue weighted by atomic mass is 16.6. The van der Waals surface area contributed by atoms with Gasteiger partial charge in [-0.3, -0.25) is 0 Å². The van der Waals surface area contributed by atoms with Crippen molar-refractivity contribution in [2.75, 3.05) is 13.7 Å². The van der Waals surface area contributed by atoms with Gasteiger partial charge in [-0.2, -0.15) is 4.73 Å². The van der Waals surface area contributed by atoms with Gasteiger partial charge < -0.3 is 9.94 Å². The number of benzene rings is 1. The Morgan fingerprint density at radius 1 is 1.41 bits per heavy atom. The smallest absolute Gasteiger partial charge is 0.104 e. The zero-order valence-corrected chi connectivity index (χ0v) is 10.2. The van der Waals surface area contributed by atoms with Gasteiger partial charge in [0.1, 0.15) is 7.11 Å². The van der Waals surface area contributed by atoms with E-state index in [9.17, 15) is 0 Å². The average molecular weight is 231 g/mol. The lowest BCUT2D eigenvalue weighted by Crippen LogP contribution is -2.02. The molecule has 0 aliphatic carbocycles. The second kappa shape index (κ2) is 5.06. The zero-order chi connectivity index (χ0) is 12.3. The van der Waals surface area contributed by atoms with Gasteiger partial charge >= 0.3 is 0 Å². The molecule has 1 heterocycles. The normalized spacial score (nSPS) is 12.1. The van der Waals surface area contributed by atoms with Crippen LogP contribution in [0.15, 0.2) is 42.1 Å². The molecule has 1 N–H and O–H groups in total. The minimum atomic E-state index is 0.114. The number of nitrogens with zero attached hydrogens (tertiary/aromatic N) is 1. The lowest BCUT2D eigenvalue weighted by molar-refractivity contribution is 0.179. The minimum absolute atomic E-state index is 0.114. The molecule has 3 nitrogen and oxygen atoms in total. The van der Waals surface area contributed by atoms with Gasteiger partial charge in [0.25, 0.3) is 0 Å². The van der Waals surface area contributed by atoms with Crippen molar-refractivity contribution in [3.05, 3.63) is 47.7 Å². The Kier molecular flexibility index (Phi) is 3.49. The Hall–Kier alpha value is -1.74. The maximum absolute atomic E-state index is 8.98. The van der Waals surface area contributed by atoms with Crippen molar-refractivity contribution in [3.8, 4) is 0 Å². The van der Waals surface area contributed by atoms with Crippen LogP contribution < -0.4 is 4.84 Å². The van der Waals surface area contributed by atoms with Crippen LogP contribution in [-0.4, -0.2) is 23.6 Å². The Morgan fingerprint density at radius 3 is 2.88 bits per heavy atom. The fourth-order valence-corrected chi connectivity index (χ4v) is 1.88. The Balaban J connectivity index is 2.40. The quantitative estimate of drug-likeness (QED) is 0.818. The molecule has 0 bridgehead atoms. The highest BCUT2D eigenvalue weighted by Crippen LogP contribution is 2.21. The molecule has 17 heavy (non-hydrogen) atoms. The van der Waals surface area contributed by atoms with E-state index < -0.39 is 0 Å². The average Bonchev–Trinajstić information content (AvgIpc) is 2.74. The van der Waals surface area contributed by atoms with Crippen LogP contribution in [0.3, 0.4) is 0 Å². The molecule has 3 heteroatoms. The van der Waals surface area contributed by atoms with Crippen LogP contribution in [0.2, 0.25) is 0 Å². The molecule has 0 fully saturated rings. The van der Waals surface area contributed by atoms with Crippen LogP contribution >= 0.6 is 0 Å². The number of fused-ring (bicyclic) bond motifs is 1. The zero-order valence-electron chi connectivity index (χ0n) is 10.2. The van der Waals surface area contributed by atoms with Crippen molar-refractivity contribution < 1.29 is 9.94 Å². The Bertz CT molecular complexity index is 540. The summed E-state index contributed by atoms with van der Waals surface area (Å²) in [5.41, 5.74) is 3.26. The Morgan fingerprint density at radius 2 is 2.18 bits per heavy atom. The van der Waals surface area contributed by atoms with Crippen LogP contribution in [0, 0.1) is 0 Å². The maximum Gasteiger partial charge on any atom is 0.104 e. The molecular weight excluding hydrogens is 214 g/mol. The van der Waals surface area contributed by atoms with Gasteiger partial charge in [-0.25, -0.2) is 0 Å². The summed E-state index contributed by atoms with van der Waals surface area (Å²) in [6.45, 7) is 2.04. The number of hydrogen-bond donors (Lipinski definition) is 1. The molecule has 0 aliphatic rings. The third kappa shape index (κ3) is 2.34. The minimum Gasteiger partial charge on any atom is -0.417 e.